The van der Waals surface area contributed by atoms with Crippen LogP contribution in [0.4, 0.5) is 13.2 Å². The highest BCUT2D eigenvalue weighted by Gasteiger charge is 2.35. The summed E-state index contributed by atoms with van der Waals surface area (Å²) in [5.74, 6) is -0.168. The van der Waals surface area contributed by atoms with E-state index in [1.807, 2.05) is 6.92 Å². The summed E-state index contributed by atoms with van der Waals surface area (Å²) in [6.07, 6.45) is -4.29. The molecule has 0 radical (unpaired) electrons. The van der Waals surface area contributed by atoms with Gasteiger partial charge in [0.1, 0.15) is 18.1 Å². The number of alkyl halides is 3. The molecule has 8 nitrogen and oxygen atoms in total. The molecule has 38 heavy (non-hydrogen) atoms. The number of aromatic nitrogens is 3. The predicted molar refractivity (Wildman–Crippen MR) is 137 cm³/mol. The van der Waals surface area contributed by atoms with Crippen molar-refractivity contribution in [3.63, 3.8) is 0 Å². The van der Waals surface area contributed by atoms with Crippen molar-refractivity contribution in [2.45, 2.75) is 26.1 Å². The number of benzene rings is 2. The summed E-state index contributed by atoms with van der Waals surface area (Å²) in [4.78, 5) is 37.4. The second-order valence-corrected chi connectivity index (χ2v) is 9.21. The van der Waals surface area contributed by atoms with E-state index in [-0.39, 0.29) is 12.3 Å². The van der Waals surface area contributed by atoms with Crippen LogP contribution >= 0.6 is 11.5 Å². The number of esters is 1. The molecule has 4 rings (SSSR count). The summed E-state index contributed by atoms with van der Waals surface area (Å²) in [6.45, 7) is 6.96. The van der Waals surface area contributed by atoms with Gasteiger partial charge in [0.05, 0.1) is 16.1 Å². The van der Waals surface area contributed by atoms with Crippen LogP contribution in [-0.2, 0) is 22.8 Å². The highest BCUT2D eigenvalue weighted by atomic mass is 32.1. The SMILES string of the molecule is C=CCOC(=O)C(C)Oc1ccc(C)c(-c2nsc3ccc(-n4c(=O)cc(C(F)(F)F)n(C)c4=O)cc23)c1. The van der Waals surface area contributed by atoms with E-state index in [0.717, 1.165) is 17.3 Å². The number of nitrogens with zero attached hydrogens (tertiary/aromatic N) is 3. The number of rotatable bonds is 7. The van der Waals surface area contributed by atoms with Gasteiger partial charge in [0.2, 0.25) is 0 Å². The summed E-state index contributed by atoms with van der Waals surface area (Å²) in [5, 5.41) is 0.583. The molecule has 198 valence electrons. The first-order valence-corrected chi connectivity index (χ1v) is 12.0. The van der Waals surface area contributed by atoms with Gasteiger partial charge in [0.25, 0.3) is 5.56 Å². The van der Waals surface area contributed by atoms with E-state index in [1.54, 1.807) is 31.2 Å². The Kier molecular flexibility index (Phi) is 7.27. The topological polar surface area (TPSA) is 92.4 Å². The van der Waals surface area contributed by atoms with Gasteiger partial charge in [-0.25, -0.2) is 14.2 Å². The van der Waals surface area contributed by atoms with Crippen molar-refractivity contribution in [3.05, 3.63) is 87.2 Å². The van der Waals surface area contributed by atoms with Gasteiger partial charge >= 0.3 is 17.8 Å². The van der Waals surface area contributed by atoms with E-state index in [1.165, 1.54) is 29.7 Å². The lowest BCUT2D eigenvalue weighted by molar-refractivity contribution is -0.149. The first-order valence-electron chi connectivity index (χ1n) is 11.3. The van der Waals surface area contributed by atoms with Crippen LogP contribution < -0.4 is 16.0 Å². The average molecular weight is 546 g/mol. The molecule has 0 saturated heterocycles. The zero-order chi connectivity index (χ0) is 27.8. The van der Waals surface area contributed by atoms with Crippen LogP contribution in [0.5, 0.6) is 5.75 Å². The Balaban J connectivity index is 1.78. The van der Waals surface area contributed by atoms with Crippen molar-refractivity contribution < 1.29 is 27.4 Å². The van der Waals surface area contributed by atoms with Gasteiger partial charge in [-0.3, -0.25) is 9.36 Å². The summed E-state index contributed by atoms with van der Waals surface area (Å²) < 4.78 is 56.8. The van der Waals surface area contributed by atoms with E-state index in [0.29, 0.717) is 37.6 Å². The Morgan fingerprint density at radius 1 is 1.18 bits per heavy atom. The molecule has 0 aliphatic carbocycles. The number of ether oxygens (including phenoxy) is 2. The normalized spacial score (nSPS) is 12.4. The zero-order valence-corrected chi connectivity index (χ0v) is 21.4. The predicted octanol–water partition coefficient (Wildman–Crippen LogP) is 4.64. The maximum absolute atomic E-state index is 13.2. The highest BCUT2D eigenvalue weighted by molar-refractivity contribution is 7.13. The van der Waals surface area contributed by atoms with Crippen LogP contribution in [-0.4, -0.2) is 32.2 Å². The smallest absolute Gasteiger partial charge is 0.431 e. The first kappa shape index (κ1) is 26.9. The van der Waals surface area contributed by atoms with E-state index < -0.39 is 35.2 Å². The largest absolute Gasteiger partial charge is 0.479 e. The van der Waals surface area contributed by atoms with Crippen molar-refractivity contribution in [1.82, 2.24) is 13.5 Å². The second-order valence-electron chi connectivity index (χ2n) is 8.41. The molecule has 0 spiro atoms. The Hall–Kier alpha value is -4.19. The van der Waals surface area contributed by atoms with Crippen molar-refractivity contribution in [2.24, 2.45) is 7.05 Å². The Morgan fingerprint density at radius 3 is 2.61 bits per heavy atom. The molecule has 4 aromatic rings. The lowest BCUT2D eigenvalue weighted by atomic mass is 10.0. The molecule has 2 aromatic carbocycles. The van der Waals surface area contributed by atoms with Gasteiger partial charge in [-0.1, -0.05) is 18.7 Å². The van der Waals surface area contributed by atoms with E-state index in [2.05, 4.69) is 11.0 Å². The molecular formula is C26H22F3N3O5S. The summed E-state index contributed by atoms with van der Waals surface area (Å²) in [5.41, 5.74) is -1.44. The quantitative estimate of drug-likeness (QED) is 0.248. The molecule has 0 amide bonds. The Labute approximate surface area is 218 Å². The third-order valence-corrected chi connectivity index (χ3v) is 6.60. The second kappa shape index (κ2) is 10.3. The van der Waals surface area contributed by atoms with Gasteiger partial charge in [-0.2, -0.15) is 17.5 Å². The number of hydrogen-bond donors (Lipinski definition) is 0. The van der Waals surface area contributed by atoms with Gasteiger partial charge in [0.15, 0.2) is 6.10 Å². The molecule has 0 N–H and O–H groups in total. The lowest BCUT2D eigenvalue weighted by Crippen LogP contribution is -2.40. The minimum absolute atomic E-state index is 0.0595. The van der Waals surface area contributed by atoms with Crippen LogP contribution in [0, 0.1) is 6.92 Å². The minimum Gasteiger partial charge on any atom is -0.479 e. The molecule has 12 heteroatoms. The molecule has 2 heterocycles. The number of carbonyl (C=O) groups is 1. The molecule has 0 fully saturated rings. The van der Waals surface area contributed by atoms with Crippen molar-refractivity contribution in [3.8, 4) is 22.7 Å². The maximum Gasteiger partial charge on any atom is 0.431 e. The fourth-order valence-corrected chi connectivity index (χ4v) is 4.60. The standard InChI is InChI=1S/C26H22F3N3O5S/c1-5-10-36-24(34)15(3)37-17-8-6-14(2)18(12-17)23-19-11-16(7-9-20(19)38-30-23)32-22(33)13-21(26(27,28)29)31(4)25(32)35/h5-9,11-13,15H,1,10H2,2-4H3. The third-order valence-electron chi connectivity index (χ3n) is 5.77. The van der Waals surface area contributed by atoms with E-state index in [9.17, 15) is 27.6 Å². The molecule has 1 atom stereocenters. The highest BCUT2D eigenvalue weighted by Crippen LogP contribution is 2.36. The van der Waals surface area contributed by atoms with Crippen molar-refractivity contribution >= 4 is 27.6 Å². The Morgan fingerprint density at radius 2 is 1.92 bits per heavy atom. The molecule has 1 unspecified atom stereocenters. The molecule has 0 saturated carbocycles. The van der Waals surface area contributed by atoms with Crippen LogP contribution in [0.15, 0.2) is 64.7 Å². The van der Waals surface area contributed by atoms with Gasteiger partial charge in [-0.15, -0.1) is 0 Å². The molecule has 2 aromatic heterocycles. The summed E-state index contributed by atoms with van der Waals surface area (Å²) in [7, 11) is 0.959. The van der Waals surface area contributed by atoms with Gasteiger partial charge < -0.3 is 9.47 Å². The van der Waals surface area contributed by atoms with Crippen LogP contribution in [0.25, 0.3) is 27.0 Å². The molecule has 0 aliphatic heterocycles. The lowest BCUT2D eigenvalue weighted by Gasteiger charge is -2.15. The number of fused-ring (bicyclic) bond motifs is 1. The first-order chi connectivity index (χ1) is 17.9. The van der Waals surface area contributed by atoms with Gasteiger partial charge in [0, 0.05) is 24.1 Å². The number of halogens is 3. The van der Waals surface area contributed by atoms with Gasteiger partial charge in [-0.05, 0) is 61.3 Å². The Bertz CT molecular complexity index is 1670. The number of aryl methyl sites for hydroxylation is 1. The maximum atomic E-state index is 13.2. The fraction of sp³-hybridized carbons (Fsp3) is 0.231. The summed E-state index contributed by atoms with van der Waals surface area (Å²) in [6, 6.07) is 10.2. The number of hydrogen-bond acceptors (Lipinski definition) is 7. The minimum atomic E-state index is -4.86. The van der Waals surface area contributed by atoms with Crippen molar-refractivity contribution in [2.75, 3.05) is 6.61 Å². The monoisotopic (exact) mass is 545 g/mol. The molecule has 0 bridgehead atoms. The number of carbonyl (C=O) groups excluding carboxylic acids is 1. The van der Waals surface area contributed by atoms with Crippen molar-refractivity contribution in [1.29, 1.82) is 0 Å². The summed E-state index contributed by atoms with van der Waals surface area (Å²) >= 11 is 1.18. The zero-order valence-electron chi connectivity index (χ0n) is 20.5. The van der Waals surface area contributed by atoms with Crippen LogP contribution in [0.1, 0.15) is 18.2 Å². The third kappa shape index (κ3) is 5.12. The fourth-order valence-electron chi connectivity index (χ4n) is 3.84. The molecule has 0 aliphatic rings. The average Bonchev–Trinajstić information content (AvgIpc) is 3.28. The molecular weight excluding hydrogens is 523 g/mol. The van der Waals surface area contributed by atoms with E-state index >= 15 is 0 Å². The van der Waals surface area contributed by atoms with Crippen LogP contribution in [0.3, 0.4) is 0 Å². The van der Waals surface area contributed by atoms with E-state index in [4.69, 9.17) is 9.47 Å². The van der Waals surface area contributed by atoms with Crippen LogP contribution in [0.2, 0.25) is 0 Å².